The second-order valence-electron chi connectivity index (χ2n) is 7.87. The number of hydrogen-bond donors (Lipinski definition) is 3. The van der Waals surface area contributed by atoms with Crippen LogP contribution in [0.3, 0.4) is 0 Å². The van der Waals surface area contributed by atoms with Crippen LogP contribution in [-0.2, 0) is 21.4 Å². The summed E-state index contributed by atoms with van der Waals surface area (Å²) in [6.07, 6.45) is 3.29. The van der Waals surface area contributed by atoms with Crippen molar-refractivity contribution in [2.75, 3.05) is 20.6 Å². The third kappa shape index (κ3) is 10.3. The van der Waals surface area contributed by atoms with Gasteiger partial charge in [-0.05, 0) is 37.0 Å². The van der Waals surface area contributed by atoms with Crippen LogP contribution in [0.4, 0.5) is 0 Å². The first-order valence-electron chi connectivity index (χ1n) is 9.85. The molecular weight excluding hydrogens is 390 g/mol. The molecule has 0 saturated heterocycles. The Labute approximate surface area is 175 Å². The van der Waals surface area contributed by atoms with Gasteiger partial charge in [-0.15, -0.1) is 0 Å². The van der Waals surface area contributed by atoms with E-state index in [1.807, 2.05) is 0 Å². The maximum Gasteiger partial charge on any atom is 0.241 e. The van der Waals surface area contributed by atoms with Gasteiger partial charge in [0.2, 0.25) is 15.9 Å². The fourth-order valence-corrected chi connectivity index (χ4v) is 3.08. The summed E-state index contributed by atoms with van der Waals surface area (Å²) in [5.74, 6) is 1.17. The van der Waals surface area contributed by atoms with Crippen LogP contribution in [0.1, 0.15) is 45.6 Å². The Balaban J connectivity index is 2.78. The lowest BCUT2D eigenvalue weighted by Crippen LogP contribution is -2.46. The van der Waals surface area contributed by atoms with Gasteiger partial charge < -0.3 is 15.5 Å². The number of carbonyl (C=O) groups excluding carboxylic acids is 1. The van der Waals surface area contributed by atoms with E-state index in [4.69, 9.17) is 5.14 Å². The molecule has 8 nitrogen and oxygen atoms in total. The molecule has 0 spiro atoms. The molecule has 0 aliphatic carbocycles. The molecule has 4 N–H and O–H groups in total. The Morgan fingerprint density at radius 2 is 1.76 bits per heavy atom. The van der Waals surface area contributed by atoms with E-state index in [1.54, 1.807) is 26.2 Å². The molecule has 164 valence electrons. The number of sulfonamides is 1. The van der Waals surface area contributed by atoms with Gasteiger partial charge >= 0.3 is 0 Å². The standard InChI is InChI=1S/C20H35N5O3S/c1-15(2)7-6-8-16(3)24-20(23-14-19(26)25(4)5)22-13-17-9-11-18(12-10-17)29(21,27)28/h9-12,15-16H,6-8,13-14H2,1-5H3,(H2,21,27,28)(H2,22,23,24). The molecule has 1 amide bonds. The maximum atomic E-state index is 11.9. The normalized spacial score (nSPS) is 13.3. The van der Waals surface area contributed by atoms with Crippen LogP contribution in [0.25, 0.3) is 0 Å². The number of amides is 1. The van der Waals surface area contributed by atoms with Gasteiger partial charge in [0.25, 0.3) is 0 Å². The molecule has 0 aliphatic heterocycles. The SMILES string of the molecule is CC(C)CCCC(C)NC(=NCc1ccc(S(N)(=O)=O)cc1)NCC(=O)N(C)C. The van der Waals surface area contributed by atoms with Crippen LogP contribution in [0.15, 0.2) is 34.2 Å². The third-order valence-electron chi connectivity index (χ3n) is 4.38. The average molecular weight is 426 g/mol. The maximum absolute atomic E-state index is 11.9. The zero-order valence-corrected chi connectivity index (χ0v) is 18.9. The monoisotopic (exact) mass is 425 g/mol. The topological polar surface area (TPSA) is 117 Å². The van der Waals surface area contributed by atoms with Crippen LogP contribution in [0, 0.1) is 5.92 Å². The van der Waals surface area contributed by atoms with Crippen molar-refractivity contribution < 1.29 is 13.2 Å². The molecule has 1 unspecified atom stereocenters. The summed E-state index contributed by atoms with van der Waals surface area (Å²) in [7, 11) is -0.302. The van der Waals surface area contributed by atoms with Gasteiger partial charge in [0.15, 0.2) is 5.96 Å². The van der Waals surface area contributed by atoms with Crippen LogP contribution < -0.4 is 15.8 Å². The van der Waals surface area contributed by atoms with Crippen LogP contribution in [0.2, 0.25) is 0 Å². The van der Waals surface area contributed by atoms with E-state index in [9.17, 15) is 13.2 Å². The molecule has 0 heterocycles. The van der Waals surface area contributed by atoms with E-state index in [0.717, 1.165) is 18.4 Å². The minimum absolute atomic E-state index is 0.0514. The summed E-state index contributed by atoms with van der Waals surface area (Å²) < 4.78 is 22.7. The Morgan fingerprint density at radius 1 is 1.14 bits per heavy atom. The molecule has 0 fully saturated rings. The fourth-order valence-electron chi connectivity index (χ4n) is 2.56. The molecule has 0 aliphatic rings. The second kappa shape index (κ2) is 11.8. The van der Waals surface area contributed by atoms with E-state index >= 15 is 0 Å². The first-order chi connectivity index (χ1) is 13.5. The van der Waals surface area contributed by atoms with Crippen molar-refractivity contribution in [1.29, 1.82) is 0 Å². The molecule has 9 heteroatoms. The van der Waals surface area contributed by atoms with Gasteiger partial charge in [-0.25, -0.2) is 18.5 Å². The first-order valence-corrected chi connectivity index (χ1v) is 11.4. The molecule has 0 bridgehead atoms. The van der Waals surface area contributed by atoms with Crippen molar-refractivity contribution in [3.05, 3.63) is 29.8 Å². The minimum Gasteiger partial charge on any atom is -0.354 e. The Morgan fingerprint density at radius 3 is 2.28 bits per heavy atom. The number of benzene rings is 1. The number of nitrogens with two attached hydrogens (primary N) is 1. The molecule has 1 atom stereocenters. The van der Waals surface area contributed by atoms with Gasteiger partial charge in [-0.1, -0.05) is 38.8 Å². The third-order valence-corrected chi connectivity index (χ3v) is 5.31. The zero-order valence-electron chi connectivity index (χ0n) is 18.1. The molecule has 1 aromatic carbocycles. The molecular formula is C20H35N5O3S. The van der Waals surface area contributed by atoms with Crippen LogP contribution in [0.5, 0.6) is 0 Å². The number of primary sulfonamides is 1. The fraction of sp³-hybridized carbons (Fsp3) is 0.600. The molecule has 0 saturated carbocycles. The summed E-state index contributed by atoms with van der Waals surface area (Å²) in [4.78, 5) is 18.0. The number of likely N-dealkylation sites (N-methyl/N-ethyl adjacent to an activating group) is 1. The van der Waals surface area contributed by atoms with E-state index in [2.05, 4.69) is 36.4 Å². The van der Waals surface area contributed by atoms with Gasteiger partial charge in [0.05, 0.1) is 18.0 Å². The highest BCUT2D eigenvalue weighted by Gasteiger charge is 2.10. The first kappa shape index (κ1) is 24.9. The Kier molecular flexibility index (Phi) is 10.1. The smallest absolute Gasteiger partial charge is 0.241 e. The van der Waals surface area contributed by atoms with E-state index in [0.29, 0.717) is 18.4 Å². The minimum atomic E-state index is -3.71. The summed E-state index contributed by atoms with van der Waals surface area (Å²) >= 11 is 0. The number of rotatable bonds is 10. The Bertz CT molecular complexity index is 774. The van der Waals surface area contributed by atoms with Gasteiger partial charge in [-0.2, -0.15) is 0 Å². The highest BCUT2D eigenvalue weighted by atomic mass is 32.2. The van der Waals surface area contributed by atoms with Gasteiger partial charge in [-0.3, -0.25) is 4.79 Å². The van der Waals surface area contributed by atoms with Crippen molar-refractivity contribution in [3.63, 3.8) is 0 Å². The lowest BCUT2D eigenvalue weighted by Gasteiger charge is -2.19. The number of aliphatic imine (C=N–C) groups is 1. The highest BCUT2D eigenvalue weighted by Crippen LogP contribution is 2.10. The largest absolute Gasteiger partial charge is 0.354 e. The molecule has 0 aromatic heterocycles. The lowest BCUT2D eigenvalue weighted by atomic mass is 10.0. The zero-order chi connectivity index (χ0) is 22.0. The van der Waals surface area contributed by atoms with Crippen molar-refractivity contribution >= 4 is 21.9 Å². The van der Waals surface area contributed by atoms with E-state index < -0.39 is 10.0 Å². The van der Waals surface area contributed by atoms with Crippen LogP contribution >= 0.6 is 0 Å². The number of nitrogens with one attached hydrogen (secondary N) is 2. The van der Waals surface area contributed by atoms with Gasteiger partial charge in [0.1, 0.15) is 0 Å². The van der Waals surface area contributed by atoms with Gasteiger partial charge in [0, 0.05) is 20.1 Å². The predicted octanol–water partition coefficient (Wildman–Crippen LogP) is 1.67. The van der Waals surface area contributed by atoms with Crippen molar-refractivity contribution in [2.45, 2.75) is 57.5 Å². The number of nitrogens with zero attached hydrogens (tertiary/aromatic N) is 2. The lowest BCUT2D eigenvalue weighted by molar-refractivity contribution is -0.127. The van der Waals surface area contributed by atoms with Crippen molar-refractivity contribution in [3.8, 4) is 0 Å². The summed E-state index contributed by atoms with van der Waals surface area (Å²) in [6.45, 7) is 6.99. The molecule has 0 radical (unpaired) electrons. The molecule has 29 heavy (non-hydrogen) atoms. The summed E-state index contributed by atoms with van der Waals surface area (Å²) in [5, 5.41) is 11.5. The number of hydrogen-bond acceptors (Lipinski definition) is 4. The molecule has 1 rings (SSSR count). The van der Waals surface area contributed by atoms with Crippen LogP contribution in [-0.4, -0.2) is 51.9 Å². The average Bonchev–Trinajstić information content (AvgIpc) is 2.62. The highest BCUT2D eigenvalue weighted by molar-refractivity contribution is 7.89. The second-order valence-corrected chi connectivity index (χ2v) is 9.43. The predicted molar refractivity (Wildman–Crippen MR) is 117 cm³/mol. The quantitative estimate of drug-likeness (QED) is 0.389. The Hall–Kier alpha value is -2.13. The number of guanidine groups is 1. The van der Waals surface area contributed by atoms with Crippen molar-refractivity contribution in [1.82, 2.24) is 15.5 Å². The molecule has 1 aromatic rings. The van der Waals surface area contributed by atoms with Crippen molar-refractivity contribution in [2.24, 2.45) is 16.0 Å². The summed E-state index contributed by atoms with van der Waals surface area (Å²) in [6, 6.07) is 6.49. The van der Waals surface area contributed by atoms with E-state index in [1.165, 1.54) is 23.5 Å². The number of carbonyl (C=O) groups is 1. The summed E-state index contributed by atoms with van der Waals surface area (Å²) in [5.41, 5.74) is 0.838. The van der Waals surface area contributed by atoms with E-state index in [-0.39, 0.29) is 23.4 Å².